The Balaban J connectivity index is 2.38. The number of aryl methyl sites for hydroxylation is 2. The van der Waals surface area contributed by atoms with E-state index in [1.165, 1.54) is 0 Å². The molecule has 0 fully saturated rings. The Labute approximate surface area is 139 Å². The van der Waals surface area contributed by atoms with E-state index in [4.69, 9.17) is 9.47 Å². The molecule has 0 aliphatic heterocycles. The van der Waals surface area contributed by atoms with Crippen molar-refractivity contribution in [1.29, 1.82) is 0 Å². The van der Waals surface area contributed by atoms with Crippen molar-refractivity contribution < 1.29 is 14.3 Å². The van der Waals surface area contributed by atoms with Crippen LogP contribution in [0.25, 0.3) is 6.08 Å². The molecule has 0 aliphatic rings. The zero-order chi connectivity index (χ0) is 17.1. The van der Waals surface area contributed by atoms with Crippen LogP contribution >= 0.6 is 0 Å². The van der Waals surface area contributed by atoms with Gasteiger partial charge in [0, 0.05) is 25.8 Å². The molecule has 4 nitrogen and oxygen atoms in total. The fraction of sp³-hybridized carbons (Fsp3) is 0.526. The lowest BCUT2D eigenvalue weighted by atomic mass is 10.0. The number of carbonyl (C=O) groups is 1. The van der Waals surface area contributed by atoms with Crippen molar-refractivity contribution in [2.24, 2.45) is 0 Å². The number of unbranched alkanes of at least 4 members (excludes halogenated alkanes) is 1. The van der Waals surface area contributed by atoms with Gasteiger partial charge in [-0.2, -0.15) is 0 Å². The predicted octanol–water partition coefficient (Wildman–Crippen LogP) is 3.65. The topological polar surface area (TPSA) is 47.6 Å². The highest BCUT2D eigenvalue weighted by molar-refractivity contribution is 5.92. The molecule has 0 spiro atoms. The monoisotopic (exact) mass is 319 g/mol. The summed E-state index contributed by atoms with van der Waals surface area (Å²) in [4.78, 5) is 11.8. The van der Waals surface area contributed by atoms with E-state index < -0.39 is 0 Å². The molecule has 1 aromatic carbocycles. The predicted molar refractivity (Wildman–Crippen MR) is 94.9 cm³/mol. The zero-order valence-corrected chi connectivity index (χ0v) is 14.8. The summed E-state index contributed by atoms with van der Waals surface area (Å²) in [6, 6.07) is 3.94. The molecular weight excluding hydrogens is 290 g/mol. The van der Waals surface area contributed by atoms with E-state index in [2.05, 4.69) is 12.2 Å². The number of hydrogen-bond acceptors (Lipinski definition) is 3. The summed E-state index contributed by atoms with van der Waals surface area (Å²) in [5.41, 5.74) is 3.24. The molecule has 0 unspecified atom stereocenters. The van der Waals surface area contributed by atoms with Gasteiger partial charge in [-0.3, -0.25) is 4.79 Å². The molecule has 1 rings (SSSR count). The van der Waals surface area contributed by atoms with Crippen LogP contribution in [0, 0.1) is 13.8 Å². The van der Waals surface area contributed by atoms with Crippen molar-refractivity contribution in [3.63, 3.8) is 0 Å². The standard InChI is InChI=1S/C19H29NO3/c1-5-6-11-23-12-7-10-20-19(21)9-8-18-15(2)13-17(22-4)14-16(18)3/h8-9,13-14H,5-7,10-12H2,1-4H3,(H,20,21)/b9-8+. The van der Waals surface area contributed by atoms with Crippen LogP contribution in [0.5, 0.6) is 5.75 Å². The number of methoxy groups -OCH3 is 1. The van der Waals surface area contributed by atoms with E-state index in [1.807, 2.05) is 32.1 Å². The molecule has 0 saturated heterocycles. The molecule has 0 atom stereocenters. The summed E-state index contributed by atoms with van der Waals surface area (Å²) in [6.45, 7) is 8.31. The summed E-state index contributed by atoms with van der Waals surface area (Å²) in [5.74, 6) is 0.762. The third-order valence-corrected chi connectivity index (χ3v) is 3.61. The number of nitrogens with one attached hydrogen (secondary N) is 1. The second-order valence-electron chi connectivity index (χ2n) is 5.62. The van der Waals surface area contributed by atoms with Gasteiger partial charge in [0.25, 0.3) is 0 Å². The highest BCUT2D eigenvalue weighted by Crippen LogP contribution is 2.22. The molecule has 0 aromatic heterocycles. The first-order chi connectivity index (χ1) is 11.1. The fourth-order valence-electron chi connectivity index (χ4n) is 2.27. The van der Waals surface area contributed by atoms with Crippen LogP contribution in [0.1, 0.15) is 42.9 Å². The van der Waals surface area contributed by atoms with Gasteiger partial charge >= 0.3 is 0 Å². The van der Waals surface area contributed by atoms with Crippen LogP contribution in [-0.4, -0.2) is 32.8 Å². The quantitative estimate of drug-likeness (QED) is 0.529. The van der Waals surface area contributed by atoms with E-state index >= 15 is 0 Å². The molecule has 0 aliphatic carbocycles. The Morgan fingerprint density at radius 1 is 1.17 bits per heavy atom. The summed E-state index contributed by atoms with van der Waals surface area (Å²) in [6.07, 6.45) is 6.52. The Bertz CT molecular complexity index is 500. The number of benzene rings is 1. The van der Waals surface area contributed by atoms with Gasteiger partial charge < -0.3 is 14.8 Å². The van der Waals surface area contributed by atoms with Crippen LogP contribution in [0.3, 0.4) is 0 Å². The van der Waals surface area contributed by atoms with Crippen molar-refractivity contribution in [3.8, 4) is 5.75 Å². The minimum absolute atomic E-state index is 0.0758. The smallest absolute Gasteiger partial charge is 0.244 e. The number of ether oxygens (including phenoxy) is 2. The first-order valence-corrected chi connectivity index (χ1v) is 8.27. The highest BCUT2D eigenvalue weighted by atomic mass is 16.5. The fourth-order valence-corrected chi connectivity index (χ4v) is 2.27. The average molecular weight is 319 g/mol. The molecule has 1 N–H and O–H groups in total. The molecule has 0 bridgehead atoms. The molecule has 23 heavy (non-hydrogen) atoms. The second kappa shape index (κ2) is 10.8. The Hall–Kier alpha value is -1.81. The van der Waals surface area contributed by atoms with Crippen molar-refractivity contribution in [2.45, 2.75) is 40.0 Å². The van der Waals surface area contributed by atoms with Crippen LogP contribution in [0.4, 0.5) is 0 Å². The van der Waals surface area contributed by atoms with Gasteiger partial charge in [0.2, 0.25) is 5.91 Å². The van der Waals surface area contributed by atoms with E-state index in [1.54, 1.807) is 13.2 Å². The lowest BCUT2D eigenvalue weighted by molar-refractivity contribution is -0.116. The van der Waals surface area contributed by atoms with Gasteiger partial charge in [0.1, 0.15) is 5.75 Å². The van der Waals surface area contributed by atoms with Crippen LogP contribution in [0.2, 0.25) is 0 Å². The van der Waals surface area contributed by atoms with Gasteiger partial charge in [-0.25, -0.2) is 0 Å². The summed E-state index contributed by atoms with van der Waals surface area (Å²) in [5, 5.41) is 2.87. The van der Waals surface area contributed by atoms with Crippen molar-refractivity contribution in [3.05, 3.63) is 34.9 Å². The molecule has 4 heteroatoms. The number of amides is 1. The SMILES string of the molecule is CCCCOCCCNC(=O)/C=C/c1c(C)cc(OC)cc1C. The van der Waals surface area contributed by atoms with Gasteiger partial charge in [-0.15, -0.1) is 0 Å². The van der Waals surface area contributed by atoms with Gasteiger partial charge in [-0.05, 0) is 61.6 Å². The largest absolute Gasteiger partial charge is 0.497 e. The van der Waals surface area contributed by atoms with Gasteiger partial charge in [-0.1, -0.05) is 13.3 Å². The Morgan fingerprint density at radius 2 is 1.83 bits per heavy atom. The molecule has 0 saturated carbocycles. The molecule has 0 heterocycles. The van der Waals surface area contributed by atoms with Crippen LogP contribution in [-0.2, 0) is 9.53 Å². The third kappa shape index (κ3) is 7.33. The molecule has 1 aromatic rings. The van der Waals surface area contributed by atoms with Crippen LogP contribution < -0.4 is 10.1 Å². The molecule has 1 amide bonds. The summed E-state index contributed by atoms with van der Waals surface area (Å²) < 4.78 is 10.7. The number of carbonyl (C=O) groups excluding carboxylic acids is 1. The first-order valence-electron chi connectivity index (χ1n) is 8.27. The number of rotatable bonds is 10. The Morgan fingerprint density at radius 3 is 2.43 bits per heavy atom. The second-order valence-corrected chi connectivity index (χ2v) is 5.62. The van der Waals surface area contributed by atoms with Crippen molar-refractivity contribution in [2.75, 3.05) is 26.9 Å². The van der Waals surface area contributed by atoms with E-state index in [-0.39, 0.29) is 5.91 Å². The molecule has 0 radical (unpaired) electrons. The Kier molecular flexibility index (Phi) is 9.07. The molecular formula is C19H29NO3. The number of hydrogen-bond donors (Lipinski definition) is 1. The minimum atomic E-state index is -0.0758. The van der Waals surface area contributed by atoms with Gasteiger partial charge in [0.15, 0.2) is 0 Å². The molecule has 128 valence electrons. The normalized spacial score (nSPS) is 11.0. The van der Waals surface area contributed by atoms with Gasteiger partial charge in [0.05, 0.1) is 7.11 Å². The maximum absolute atomic E-state index is 11.8. The van der Waals surface area contributed by atoms with Crippen molar-refractivity contribution >= 4 is 12.0 Å². The first kappa shape index (κ1) is 19.2. The minimum Gasteiger partial charge on any atom is -0.497 e. The lowest BCUT2D eigenvalue weighted by Crippen LogP contribution is -2.23. The average Bonchev–Trinajstić information content (AvgIpc) is 2.53. The highest BCUT2D eigenvalue weighted by Gasteiger charge is 2.03. The van der Waals surface area contributed by atoms with E-state index in [0.29, 0.717) is 13.2 Å². The summed E-state index contributed by atoms with van der Waals surface area (Å²) in [7, 11) is 1.66. The zero-order valence-electron chi connectivity index (χ0n) is 14.8. The van der Waals surface area contributed by atoms with E-state index in [0.717, 1.165) is 48.3 Å². The maximum Gasteiger partial charge on any atom is 0.244 e. The van der Waals surface area contributed by atoms with Crippen molar-refractivity contribution in [1.82, 2.24) is 5.32 Å². The lowest BCUT2D eigenvalue weighted by Gasteiger charge is -2.09. The summed E-state index contributed by atoms with van der Waals surface area (Å²) >= 11 is 0. The third-order valence-electron chi connectivity index (χ3n) is 3.61. The maximum atomic E-state index is 11.8. The van der Waals surface area contributed by atoms with E-state index in [9.17, 15) is 4.79 Å². The van der Waals surface area contributed by atoms with Crippen LogP contribution in [0.15, 0.2) is 18.2 Å².